The van der Waals surface area contributed by atoms with Crippen molar-refractivity contribution < 1.29 is 80.2 Å². The highest BCUT2D eigenvalue weighted by molar-refractivity contribution is 7.47. The highest BCUT2D eigenvalue weighted by Gasteiger charge is 2.30. The zero-order chi connectivity index (χ0) is 67.2. The van der Waals surface area contributed by atoms with E-state index in [1.165, 1.54) is 186 Å². The molecule has 17 nitrogen and oxygen atoms in total. The number of hydrogen-bond acceptors (Lipinski definition) is 15. The van der Waals surface area contributed by atoms with Crippen LogP contribution in [0, 0.1) is 11.8 Å². The monoisotopic (exact) mass is 1340 g/mol. The van der Waals surface area contributed by atoms with Gasteiger partial charge >= 0.3 is 39.5 Å². The van der Waals surface area contributed by atoms with Crippen LogP contribution >= 0.6 is 15.6 Å². The Kier molecular flexibility index (Phi) is 62.7. The second-order valence-electron chi connectivity index (χ2n) is 26.7. The minimum atomic E-state index is -4.95. The van der Waals surface area contributed by atoms with Crippen LogP contribution in [0.5, 0.6) is 0 Å². The first-order chi connectivity index (χ1) is 43.9. The van der Waals surface area contributed by atoms with Gasteiger partial charge in [0.25, 0.3) is 0 Å². The van der Waals surface area contributed by atoms with E-state index in [1.54, 1.807) is 0 Å². The quantitative estimate of drug-likeness (QED) is 0.0222. The lowest BCUT2D eigenvalue weighted by Gasteiger charge is -2.21. The molecule has 0 spiro atoms. The minimum absolute atomic E-state index is 0.106. The van der Waals surface area contributed by atoms with Crippen molar-refractivity contribution in [1.29, 1.82) is 0 Å². The zero-order valence-electron chi connectivity index (χ0n) is 59.1. The van der Waals surface area contributed by atoms with E-state index in [1.807, 2.05) is 0 Å². The number of aliphatic hydroxyl groups excluding tert-OH is 1. The van der Waals surface area contributed by atoms with Crippen molar-refractivity contribution in [3.8, 4) is 0 Å². The first-order valence-corrected chi connectivity index (χ1v) is 40.5. The second-order valence-corrected chi connectivity index (χ2v) is 29.6. The Morgan fingerprint density at radius 1 is 0.319 bits per heavy atom. The molecule has 0 aromatic rings. The van der Waals surface area contributed by atoms with E-state index in [4.69, 9.17) is 37.0 Å². The molecular weight excluding hydrogens is 1200 g/mol. The summed E-state index contributed by atoms with van der Waals surface area (Å²) in [7, 11) is -9.90. The van der Waals surface area contributed by atoms with E-state index < -0.39 is 97.5 Å². The lowest BCUT2D eigenvalue weighted by molar-refractivity contribution is -0.161. The first kappa shape index (κ1) is 89.1. The summed E-state index contributed by atoms with van der Waals surface area (Å²) in [5, 5.41) is 10.6. The number of carbonyl (C=O) groups excluding carboxylic acids is 4. The van der Waals surface area contributed by atoms with E-state index in [9.17, 15) is 43.2 Å². The van der Waals surface area contributed by atoms with Crippen molar-refractivity contribution in [2.75, 3.05) is 39.6 Å². The zero-order valence-corrected chi connectivity index (χ0v) is 60.9. The minimum Gasteiger partial charge on any atom is -0.462 e. The number of carbonyl (C=O) groups is 4. The van der Waals surface area contributed by atoms with Crippen molar-refractivity contribution in [1.82, 2.24) is 0 Å². The molecule has 6 atom stereocenters. The van der Waals surface area contributed by atoms with Gasteiger partial charge in [-0.15, -0.1) is 0 Å². The maximum absolute atomic E-state index is 13.0. The van der Waals surface area contributed by atoms with Gasteiger partial charge in [-0.05, 0) is 37.5 Å². The lowest BCUT2D eigenvalue weighted by atomic mass is 9.99. The average Bonchev–Trinajstić information content (AvgIpc) is 3.15. The molecule has 19 heteroatoms. The standard InChI is InChI=1S/C72H140O17P2/c1-7-10-12-14-16-18-20-22-24-29-36-42-48-54-69(74)82-60-67(89-72(77)57-51-45-39-31-27-26-28-34-40-46-52-64(4)5)62-86-90(78,79)84-58-66(73)59-85-91(80,81)87-63-68(61-83-70(75)55-49-43-37-33-32-35-41-47-53-65(6)9-3)88-71(76)56-50-44-38-30-25-23-21-19-17-15-13-11-8-2/h64-68,73H,7-63H2,1-6H3,(H,78,79)(H,80,81)/t65?,66-,67-,68-/m1/s1. The van der Waals surface area contributed by atoms with Gasteiger partial charge in [-0.25, -0.2) is 9.13 Å². The van der Waals surface area contributed by atoms with Crippen molar-refractivity contribution >= 4 is 39.5 Å². The Hall–Kier alpha value is -1.94. The van der Waals surface area contributed by atoms with E-state index in [0.29, 0.717) is 25.7 Å². The molecule has 0 fully saturated rings. The molecule has 540 valence electrons. The number of phosphoric acid groups is 2. The Morgan fingerprint density at radius 2 is 0.560 bits per heavy atom. The van der Waals surface area contributed by atoms with Crippen LogP contribution in [0.2, 0.25) is 0 Å². The van der Waals surface area contributed by atoms with Gasteiger partial charge in [0.05, 0.1) is 26.4 Å². The lowest BCUT2D eigenvalue weighted by Crippen LogP contribution is -2.30. The number of unbranched alkanes of at least 4 members (excludes halogenated alkanes) is 40. The van der Waals surface area contributed by atoms with Gasteiger partial charge in [-0.1, -0.05) is 318 Å². The van der Waals surface area contributed by atoms with Gasteiger partial charge in [0.15, 0.2) is 12.2 Å². The molecular formula is C72H140O17P2. The maximum Gasteiger partial charge on any atom is 0.472 e. The molecule has 0 bridgehead atoms. The molecule has 0 saturated heterocycles. The fourth-order valence-corrected chi connectivity index (χ4v) is 12.5. The Morgan fingerprint density at radius 3 is 0.835 bits per heavy atom. The Bertz CT molecular complexity index is 1770. The summed E-state index contributed by atoms with van der Waals surface area (Å²) in [6.45, 7) is 9.56. The summed E-state index contributed by atoms with van der Waals surface area (Å²) in [5.41, 5.74) is 0. The largest absolute Gasteiger partial charge is 0.472 e. The summed E-state index contributed by atoms with van der Waals surface area (Å²) in [4.78, 5) is 72.7. The normalized spacial score (nSPS) is 14.4. The summed E-state index contributed by atoms with van der Waals surface area (Å²) >= 11 is 0. The predicted molar refractivity (Wildman–Crippen MR) is 368 cm³/mol. The molecule has 0 rings (SSSR count). The van der Waals surface area contributed by atoms with Crippen LogP contribution < -0.4 is 0 Å². The van der Waals surface area contributed by atoms with Crippen molar-refractivity contribution in [3.63, 3.8) is 0 Å². The molecule has 0 amide bonds. The van der Waals surface area contributed by atoms with E-state index >= 15 is 0 Å². The predicted octanol–water partition coefficient (Wildman–Crippen LogP) is 20.8. The van der Waals surface area contributed by atoms with Crippen molar-refractivity contribution in [3.05, 3.63) is 0 Å². The molecule has 3 unspecified atom stereocenters. The third-order valence-electron chi connectivity index (χ3n) is 17.1. The summed E-state index contributed by atoms with van der Waals surface area (Å²) < 4.78 is 68.4. The van der Waals surface area contributed by atoms with Crippen LogP contribution in [-0.4, -0.2) is 96.7 Å². The van der Waals surface area contributed by atoms with Gasteiger partial charge in [-0.2, -0.15) is 0 Å². The number of aliphatic hydroxyl groups is 1. The third kappa shape index (κ3) is 65.1. The highest BCUT2D eigenvalue weighted by atomic mass is 31.2. The fourth-order valence-electron chi connectivity index (χ4n) is 10.9. The fraction of sp³-hybridized carbons (Fsp3) is 0.944. The van der Waals surface area contributed by atoms with Crippen molar-refractivity contribution in [2.45, 2.75) is 387 Å². The van der Waals surface area contributed by atoms with Crippen LogP contribution in [0.15, 0.2) is 0 Å². The summed E-state index contributed by atoms with van der Waals surface area (Å²) in [6.07, 6.45) is 49.7. The average molecular weight is 1340 g/mol. The molecule has 0 saturated carbocycles. The molecule has 0 aliphatic heterocycles. The van der Waals surface area contributed by atoms with Gasteiger partial charge < -0.3 is 33.8 Å². The summed E-state index contributed by atoms with van der Waals surface area (Å²) in [5.74, 6) is -0.589. The number of hydrogen-bond donors (Lipinski definition) is 3. The van der Waals surface area contributed by atoms with E-state index in [-0.39, 0.29) is 25.7 Å². The summed E-state index contributed by atoms with van der Waals surface area (Å²) in [6, 6.07) is 0. The van der Waals surface area contributed by atoms with Gasteiger partial charge in [0.1, 0.15) is 19.3 Å². The molecule has 0 aliphatic rings. The van der Waals surface area contributed by atoms with Gasteiger partial charge in [-0.3, -0.25) is 37.3 Å². The van der Waals surface area contributed by atoms with Crippen LogP contribution in [0.3, 0.4) is 0 Å². The number of rotatable bonds is 71. The van der Waals surface area contributed by atoms with Crippen LogP contribution in [0.25, 0.3) is 0 Å². The second kappa shape index (κ2) is 64.1. The van der Waals surface area contributed by atoms with Crippen LogP contribution in [0.4, 0.5) is 0 Å². The van der Waals surface area contributed by atoms with E-state index in [0.717, 1.165) is 102 Å². The topological polar surface area (TPSA) is 237 Å². The molecule has 0 aliphatic carbocycles. The van der Waals surface area contributed by atoms with Crippen LogP contribution in [0.1, 0.15) is 369 Å². The van der Waals surface area contributed by atoms with Crippen molar-refractivity contribution in [2.24, 2.45) is 11.8 Å². The number of phosphoric ester groups is 2. The third-order valence-corrected chi connectivity index (χ3v) is 19.0. The molecule has 0 heterocycles. The number of esters is 4. The van der Waals surface area contributed by atoms with Gasteiger partial charge in [0.2, 0.25) is 0 Å². The highest BCUT2D eigenvalue weighted by Crippen LogP contribution is 2.45. The molecule has 0 aromatic carbocycles. The number of ether oxygens (including phenoxy) is 4. The van der Waals surface area contributed by atoms with Gasteiger partial charge in [0, 0.05) is 25.7 Å². The molecule has 3 N–H and O–H groups in total. The smallest absolute Gasteiger partial charge is 0.462 e. The first-order valence-electron chi connectivity index (χ1n) is 37.5. The Balaban J connectivity index is 5.27. The molecule has 0 radical (unpaired) electrons. The van der Waals surface area contributed by atoms with Crippen LogP contribution in [-0.2, 0) is 65.4 Å². The molecule has 0 aromatic heterocycles. The SMILES string of the molecule is CCCCCCCCCCCCCCCC(=O)OC[C@H](COP(=O)(O)OC[C@@H](O)COP(=O)(O)OC[C@@H](COC(=O)CCCCCCCCCCC(C)CC)OC(=O)CCCCCCCCCCCCCCC)OC(=O)CCCCCCCCCCCCC(C)C. The molecule has 91 heavy (non-hydrogen) atoms. The Labute approximate surface area is 556 Å². The van der Waals surface area contributed by atoms with E-state index in [2.05, 4.69) is 41.5 Å². The maximum atomic E-state index is 13.0.